The van der Waals surface area contributed by atoms with E-state index in [2.05, 4.69) is 44.3 Å². The molecule has 0 aliphatic heterocycles. The average Bonchev–Trinajstić information content (AvgIpc) is 2.57. The summed E-state index contributed by atoms with van der Waals surface area (Å²) in [4.78, 5) is 1.48. The van der Waals surface area contributed by atoms with Crippen LogP contribution in [0.15, 0.2) is 18.2 Å². The fourth-order valence-electron chi connectivity index (χ4n) is 1.93. The van der Waals surface area contributed by atoms with Gasteiger partial charge in [0.2, 0.25) is 0 Å². The number of hydrogen-bond donors (Lipinski definition) is 1. The first-order valence-electron chi connectivity index (χ1n) is 5.91. The quantitative estimate of drug-likeness (QED) is 0.787. The summed E-state index contributed by atoms with van der Waals surface area (Å²) in [6, 6.07) is 6.73. The van der Waals surface area contributed by atoms with E-state index in [1.165, 1.54) is 32.5 Å². The van der Waals surface area contributed by atoms with Gasteiger partial charge in [-0.05, 0) is 43.8 Å². The molecule has 0 radical (unpaired) electrons. The van der Waals surface area contributed by atoms with Crippen molar-refractivity contribution in [2.45, 2.75) is 33.7 Å². The Balaban J connectivity index is 2.29. The van der Waals surface area contributed by atoms with Gasteiger partial charge in [0.25, 0.3) is 0 Å². The second kappa shape index (κ2) is 4.98. The maximum absolute atomic E-state index is 3.48. The van der Waals surface area contributed by atoms with Gasteiger partial charge in [-0.2, -0.15) is 0 Å². The van der Waals surface area contributed by atoms with E-state index in [-0.39, 0.29) is 0 Å². The van der Waals surface area contributed by atoms with Crippen molar-refractivity contribution < 1.29 is 0 Å². The summed E-state index contributed by atoms with van der Waals surface area (Å²) in [7, 11) is 0. The summed E-state index contributed by atoms with van der Waals surface area (Å²) in [5, 5.41) is 4.91. The molecule has 2 heteroatoms. The standard InChI is InChI=1S/C14H19NS/c1-4-7-15-9-14-11(3)12-8-10(2)5-6-13(12)16-14/h5-6,8,15H,4,7,9H2,1-3H3. The Morgan fingerprint density at radius 3 is 2.81 bits per heavy atom. The topological polar surface area (TPSA) is 12.0 Å². The maximum atomic E-state index is 3.48. The van der Waals surface area contributed by atoms with Gasteiger partial charge in [-0.25, -0.2) is 0 Å². The predicted molar refractivity (Wildman–Crippen MR) is 73.3 cm³/mol. The first-order chi connectivity index (χ1) is 7.72. The molecule has 0 amide bonds. The van der Waals surface area contributed by atoms with Crippen molar-refractivity contribution in [2.75, 3.05) is 6.54 Å². The largest absolute Gasteiger partial charge is 0.312 e. The molecule has 0 bridgehead atoms. The molecule has 1 N–H and O–H groups in total. The zero-order valence-electron chi connectivity index (χ0n) is 10.3. The summed E-state index contributed by atoms with van der Waals surface area (Å²) < 4.78 is 1.41. The molecular formula is C14H19NS. The van der Waals surface area contributed by atoms with Gasteiger partial charge in [0.05, 0.1) is 0 Å². The van der Waals surface area contributed by atoms with Crippen LogP contribution in [0.4, 0.5) is 0 Å². The van der Waals surface area contributed by atoms with Gasteiger partial charge >= 0.3 is 0 Å². The Kier molecular flexibility index (Phi) is 3.62. The van der Waals surface area contributed by atoms with E-state index in [1.807, 2.05) is 11.3 Å². The molecule has 2 rings (SSSR count). The van der Waals surface area contributed by atoms with E-state index in [9.17, 15) is 0 Å². The van der Waals surface area contributed by atoms with Gasteiger partial charge in [-0.15, -0.1) is 11.3 Å². The van der Waals surface area contributed by atoms with E-state index >= 15 is 0 Å². The zero-order chi connectivity index (χ0) is 11.5. The molecular weight excluding hydrogens is 214 g/mol. The van der Waals surface area contributed by atoms with Crippen LogP contribution in [0.25, 0.3) is 10.1 Å². The summed E-state index contributed by atoms with van der Waals surface area (Å²) in [5.74, 6) is 0. The highest BCUT2D eigenvalue weighted by atomic mass is 32.1. The highest BCUT2D eigenvalue weighted by Crippen LogP contribution is 2.31. The predicted octanol–water partition coefficient (Wildman–Crippen LogP) is 4.02. The molecule has 0 aliphatic rings. The zero-order valence-corrected chi connectivity index (χ0v) is 11.1. The van der Waals surface area contributed by atoms with Crippen molar-refractivity contribution in [1.29, 1.82) is 0 Å². The smallest absolute Gasteiger partial charge is 0.0349 e. The number of thiophene rings is 1. The molecule has 86 valence electrons. The number of rotatable bonds is 4. The van der Waals surface area contributed by atoms with Crippen LogP contribution in [0.3, 0.4) is 0 Å². The second-order valence-corrected chi connectivity index (χ2v) is 5.46. The van der Waals surface area contributed by atoms with Gasteiger partial charge in [0, 0.05) is 16.1 Å². The number of nitrogens with one attached hydrogen (secondary N) is 1. The third kappa shape index (κ3) is 2.28. The van der Waals surface area contributed by atoms with Crippen LogP contribution in [0.5, 0.6) is 0 Å². The molecule has 0 fully saturated rings. The third-order valence-corrected chi connectivity index (χ3v) is 4.18. The van der Waals surface area contributed by atoms with Crippen molar-refractivity contribution in [3.8, 4) is 0 Å². The second-order valence-electron chi connectivity index (χ2n) is 4.33. The first kappa shape index (κ1) is 11.6. The molecule has 2 aromatic rings. The van der Waals surface area contributed by atoms with Gasteiger partial charge in [0.1, 0.15) is 0 Å². The SMILES string of the molecule is CCCNCc1sc2ccc(C)cc2c1C. The van der Waals surface area contributed by atoms with Gasteiger partial charge in [-0.3, -0.25) is 0 Å². The normalized spacial score (nSPS) is 11.2. The lowest BCUT2D eigenvalue weighted by molar-refractivity contribution is 0.680. The summed E-state index contributed by atoms with van der Waals surface area (Å²) in [5.41, 5.74) is 2.80. The van der Waals surface area contributed by atoms with E-state index in [4.69, 9.17) is 0 Å². The lowest BCUT2D eigenvalue weighted by Crippen LogP contribution is -2.13. The minimum absolute atomic E-state index is 1.01. The Bertz CT molecular complexity index is 485. The fourth-order valence-corrected chi connectivity index (χ4v) is 3.09. The molecule has 0 atom stereocenters. The Labute approximate surface area is 101 Å². The van der Waals surface area contributed by atoms with Gasteiger partial charge in [-0.1, -0.05) is 24.6 Å². The lowest BCUT2D eigenvalue weighted by Gasteiger charge is -2.01. The van der Waals surface area contributed by atoms with Crippen molar-refractivity contribution in [1.82, 2.24) is 5.32 Å². The van der Waals surface area contributed by atoms with Crippen LogP contribution < -0.4 is 5.32 Å². The van der Waals surface area contributed by atoms with Gasteiger partial charge in [0.15, 0.2) is 0 Å². The molecule has 1 heterocycles. The molecule has 0 unspecified atom stereocenters. The van der Waals surface area contributed by atoms with Gasteiger partial charge < -0.3 is 5.32 Å². The van der Waals surface area contributed by atoms with Crippen molar-refractivity contribution in [2.24, 2.45) is 0 Å². The van der Waals surface area contributed by atoms with E-state index < -0.39 is 0 Å². The minimum Gasteiger partial charge on any atom is -0.312 e. The van der Waals surface area contributed by atoms with E-state index in [0.29, 0.717) is 0 Å². The molecule has 0 saturated carbocycles. The minimum atomic E-state index is 1.01. The fraction of sp³-hybridized carbons (Fsp3) is 0.429. The maximum Gasteiger partial charge on any atom is 0.0349 e. The molecule has 1 nitrogen and oxygen atoms in total. The van der Waals surface area contributed by atoms with Crippen LogP contribution in [-0.4, -0.2) is 6.54 Å². The highest BCUT2D eigenvalue weighted by molar-refractivity contribution is 7.19. The number of hydrogen-bond acceptors (Lipinski definition) is 2. The first-order valence-corrected chi connectivity index (χ1v) is 6.73. The van der Waals surface area contributed by atoms with Crippen molar-refractivity contribution in [3.63, 3.8) is 0 Å². The third-order valence-electron chi connectivity index (χ3n) is 2.90. The highest BCUT2D eigenvalue weighted by Gasteiger charge is 2.07. The Morgan fingerprint density at radius 1 is 1.25 bits per heavy atom. The molecule has 0 saturated heterocycles. The lowest BCUT2D eigenvalue weighted by atomic mass is 10.1. The van der Waals surface area contributed by atoms with Crippen molar-refractivity contribution >= 4 is 21.4 Å². The summed E-state index contributed by atoms with van der Waals surface area (Å²) in [6.07, 6.45) is 1.20. The van der Waals surface area contributed by atoms with E-state index in [1.54, 1.807) is 0 Å². The molecule has 1 aromatic heterocycles. The van der Waals surface area contributed by atoms with Crippen LogP contribution in [0.1, 0.15) is 29.3 Å². The molecule has 16 heavy (non-hydrogen) atoms. The van der Waals surface area contributed by atoms with Crippen LogP contribution >= 0.6 is 11.3 Å². The van der Waals surface area contributed by atoms with Crippen molar-refractivity contribution in [3.05, 3.63) is 34.2 Å². The van der Waals surface area contributed by atoms with Crippen LogP contribution in [-0.2, 0) is 6.54 Å². The summed E-state index contributed by atoms with van der Waals surface area (Å²) in [6.45, 7) is 8.71. The Hall–Kier alpha value is -0.860. The van der Waals surface area contributed by atoms with Crippen LogP contribution in [0.2, 0.25) is 0 Å². The number of benzene rings is 1. The summed E-state index contributed by atoms with van der Waals surface area (Å²) >= 11 is 1.92. The van der Waals surface area contributed by atoms with E-state index in [0.717, 1.165) is 13.1 Å². The molecule has 1 aromatic carbocycles. The Morgan fingerprint density at radius 2 is 2.06 bits per heavy atom. The number of fused-ring (bicyclic) bond motifs is 1. The molecule has 0 aliphatic carbocycles. The average molecular weight is 233 g/mol. The number of aryl methyl sites for hydroxylation is 2. The molecule has 0 spiro atoms. The monoisotopic (exact) mass is 233 g/mol. The van der Waals surface area contributed by atoms with Crippen LogP contribution in [0, 0.1) is 13.8 Å².